The Morgan fingerprint density at radius 2 is 1.73 bits per heavy atom. The first-order valence-electron chi connectivity index (χ1n) is 8.15. The van der Waals surface area contributed by atoms with E-state index in [0.29, 0.717) is 0 Å². The Morgan fingerprint density at radius 1 is 1.04 bits per heavy atom. The predicted molar refractivity (Wildman–Crippen MR) is 100 cm³/mol. The number of sulfonamides is 2. The van der Waals surface area contributed by atoms with E-state index in [0.717, 1.165) is 23.8 Å². The normalized spacial score (nSPS) is 12.4. The van der Waals surface area contributed by atoms with E-state index in [9.17, 15) is 16.8 Å². The van der Waals surface area contributed by atoms with E-state index < -0.39 is 20.0 Å². The van der Waals surface area contributed by atoms with E-state index in [1.54, 1.807) is 48.8 Å². The first-order chi connectivity index (χ1) is 12.2. The number of hydrogen-bond donors (Lipinski definition) is 1. The molecule has 2 rings (SSSR count). The van der Waals surface area contributed by atoms with Crippen LogP contribution in [-0.4, -0.2) is 45.5 Å². The van der Waals surface area contributed by atoms with E-state index in [-0.39, 0.29) is 24.5 Å². The fourth-order valence-electron chi connectivity index (χ4n) is 2.35. The fraction of sp³-hybridized carbons (Fsp3) is 0.353. The lowest BCUT2D eigenvalue weighted by Gasteiger charge is -2.20. The van der Waals surface area contributed by atoms with Gasteiger partial charge in [0, 0.05) is 32.0 Å². The van der Waals surface area contributed by atoms with Gasteiger partial charge in [-0.1, -0.05) is 25.1 Å². The Bertz CT molecular complexity index is 912. The third kappa shape index (κ3) is 5.87. The second-order valence-electron chi connectivity index (χ2n) is 5.85. The van der Waals surface area contributed by atoms with Gasteiger partial charge >= 0.3 is 0 Å². The molecule has 0 aliphatic carbocycles. The minimum Gasteiger partial charge on any atom is -0.264 e. The highest BCUT2D eigenvalue weighted by Crippen LogP contribution is 2.11. The lowest BCUT2D eigenvalue weighted by atomic mass is 10.2. The minimum absolute atomic E-state index is 0.0226. The molecule has 0 aliphatic heterocycles. The second-order valence-corrected chi connectivity index (χ2v) is 9.60. The van der Waals surface area contributed by atoms with Gasteiger partial charge in [0.2, 0.25) is 20.0 Å². The van der Waals surface area contributed by atoms with Crippen LogP contribution in [0.3, 0.4) is 0 Å². The number of aryl methyl sites for hydroxylation is 1. The molecule has 2 aromatic rings. The Hall–Kier alpha value is -1.81. The first kappa shape index (κ1) is 20.5. The van der Waals surface area contributed by atoms with Crippen molar-refractivity contribution in [1.29, 1.82) is 0 Å². The molecule has 1 aromatic heterocycles. The molecular weight excluding hydrogens is 374 g/mol. The molecule has 26 heavy (non-hydrogen) atoms. The van der Waals surface area contributed by atoms with Crippen LogP contribution in [0.15, 0.2) is 53.7 Å². The summed E-state index contributed by atoms with van der Waals surface area (Å²) in [6, 6.07) is 10.1. The highest BCUT2D eigenvalue weighted by Gasteiger charge is 2.19. The fourth-order valence-corrected chi connectivity index (χ4v) is 4.18. The topological polar surface area (TPSA) is 96.4 Å². The van der Waals surface area contributed by atoms with Crippen LogP contribution < -0.4 is 4.72 Å². The zero-order valence-corrected chi connectivity index (χ0v) is 16.4. The van der Waals surface area contributed by atoms with E-state index in [4.69, 9.17) is 0 Å². The molecule has 0 spiro atoms. The summed E-state index contributed by atoms with van der Waals surface area (Å²) < 4.78 is 52.3. The van der Waals surface area contributed by atoms with E-state index in [1.165, 1.54) is 4.31 Å². The van der Waals surface area contributed by atoms with Gasteiger partial charge in [-0.05, 0) is 35.7 Å². The lowest BCUT2D eigenvalue weighted by Crippen LogP contribution is -2.37. The number of rotatable bonds is 9. The predicted octanol–water partition coefficient (Wildman–Crippen LogP) is 1.38. The molecule has 0 fully saturated rings. The van der Waals surface area contributed by atoms with Crippen LogP contribution in [0.25, 0.3) is 0 Å². The molecule has 0 aliphatic rings. The molecule has 7 nitrogen and oxygen atoms in total. The average molecular weight is 398 g/mol. The summed E-state index contributed by atoms with van der Waals surface area (Å²) in [5, 5.41) is 0. The lowest BCUT2D eigenvalue weighted by molar-refractivity contribution is 0.412. The van der Waals surface area contributed by atoms with Gasteiger partial charge in [-0.2, -0.15) is 4.31 Å². The van der Waals surface area contributed by atoms with Gasteiger partial charge in [0.15, 0.2) is 0 Å². The molecule has 1 N–H and O–H groups in total. The molecule has 9 heteroatoms. The summed E-state index contributed by atoms with van der Waals surface area (Å²) >= 11 is 0. The maximum absolute atomic E-state index is 12.3. The van der Waals surface area contributed by atoms with Crippen LogP contribution in [0.4, 0.5) is 0 Å². The number of hydrogen-bond acceptors (Lipinski definition) is 5. The van der Waals surface area contributed by atoms with Crippen molar-refractivity contribution in [1.82, 2.24) is 14.0 Å². The van der Waals surface area contributed by atoms with Gasteiger partial charge in [0.25, 0.3) is 0 Å². The molecular formula is C17H23N3O4S2. The Morgan fingerprint density at radius 3 is 2.27 bits per heavy atom. The molecule has 0 bridgehead atoms. The zero-order valence-electron chi connectivity index (χ0n) is 14.8. The van der Waals surface area contributed by atoms with Crippen molar-refractivity contribution in [3.05, 3.63) is 59.9 Å². The largest absolute Gasteiger partial charge is 0.264 e. The summed E-state index contributed by atoms with van der Waals surface area (Å²) in [6.45, 7) is 2.13. The van der Waals surface area contributed by atoms with Gasteiger partial charge in [0.05, 0.1) is 11.2 Å². The van der Waals surface area contributed by atoms with Crippen LogP contribution in [0, 0.1) is 0 Å². The van der Waals surface area contributed by atoms with E-state index >= 15 is 0 Å². The molecule has 1 aromatic carbocycles. The van der Waals surface area contributed by atoms with Crippen molar-refractivity contribution in [3.63, 3.8) is 0 Å². The van der Waals surface area contributed by atoms with Crippen molar-refractivity contribution in [2.24, 2.45) is 0 Å². The molecule has 142 valence electrons. The summed E-state index contributed by atoms with van der Waals surface area (Å²) in [7, 11) is -7.17. The van der Waals surface area contributed by atoms with Crippen LogP contribution in [0.2, 0.25) is 0 Å². The third-order valence-corrected chi connectivity index (χ3v) is 6.57. The monoisotopic (exact) mass is 397 g/mol. The molecule has 0 radical (unpaired) electrons. The molecule has 0 saturated heterocycles. The van der Waals surface area contributed by atoms with Gasteiger partial charge < -0.3 is 0 Å². The van der Waals surface area contributed by atoms with Crippen LogP contribution >= 0.6 is 0 Å². The zero-order chi connectivity index (χ0) is 19.2. The minimum atomic E-state index is -3.68. The Kier molecular flexibility index (Phi) is 6.87. The van der Waals surface area contributed by atoms with Crippen LogP contribution in [0.5, 0.6) is 0 Å². The van der Waals surface area contributed by atoms with Crippen molar-refractivity contribution in [3.8, 4) is 0 Å². The average Bonchev–Trinajstić information content (AvgIpc) is 2.61. The number of pyridine rings is 1. The first-order valence-corrected chi connectivity index (χ1v) is 11.5. The van der Waals surface area contributed by atoms with Gasteiger partial charge in [-0.15, -0.1) is 0 Å². The Labute approximate surface area is 155 Å². The molecule has 0 saturated carbocycles. The third-order valence-electron chi connectivity index (χ3n) is 3.85. The van der Waals surface area contributed by atoms with Crippen molar-refractivity contribution in [2.45, 2.75) is 24.8 Å². The number of aromatic nitrogens is 1. The van der Waals surface area contributed by atoms with Crippen molar-refractivity contribution >= 4 is 20.0 Å². The number of benzene rings is 1. The van der Waals surface area contributed by atoms with Crippen LogP contribution in [-0.2, 0) is 33.0 Å². The summed E-state index contributed by atoms with van der Waals surface area (Å²) in [5.74, 6) is 0. The molecule has 0 amide bonds. The van der Waals surface area contributed by atoms with Crippen molar-refractivity contribution in [2.75, 3.05) is 19.3 Å². The Balaban J connectivity index is 2.01. The quantitative estimate of drug-likeness (QED) is 0.690. The summed E-state index contributed by atoms with van der Waals surface area (Å²) in [4.78, 5) is 4.12. The van der Waals surface area contributed by atoms with Crippen molar-refractivity contribution < 1.29 is 16.8 Å². The van der Waals surface area contributed by atoms with Gasteiger partial charge in [-0.3, -0.25) is 4.98 Å². The summed E-state index contributed by atoms with van der Waals surface area (Å²) in [6.07, 6.45) is 5.11. The SMILES string of the molecule is CCc1ccc(S(=O)(=O)NCCN(Cc2cccnc2)S(C)(=O)=O)cc1. The summed E-state index contributed by atoms with van der Waals surface area (Å²) in [5.41, 5.74) is 1.78. The highest BCUT2D eigenvalue weighted by atomic mass is 32.2. The smallest absolute Gasteiger partial charge is 0.240 e. The standard InChI is InChI=1S/C17H23N3O4S2/c1-3-15-6-8-17(9-7-15)26(23,24)19-11-12-20(25(2,21)22)14-16-5-4-10-18-13-16/h4-10,13,19H,3,11-12,14H2,1-2H3. The van der Waals surface area contributed by atoms with Crippen LogP contribution in [0.1, 0.15) is 18.1 Å². The number of nitrogens with one attached hydrogen (secondary N) is 1. The van der Waals surface area contributed by atoms with E-state index in [1.807, 2.05) is 6.92 Å². The molecule has 0 unspecified atom stereocenters. The second kappa shape index (κ2) is 8.72. The maximum atomic E-state index is 12.3. The van der Waals surface area contributed by atoms with Gasteiger partial charge in [-0.25, -0.2) is 21.6 Å². The van der Waals surface area contributed by atoms with Gasteiger partial charge in [0.1, 0.15) is 0 Å². The molecule has 1 heterocycles. The number of nitrogens with zero attached hydrogens (tertiary/aromatic N) is 2. The molecule has 0 atom stereocenters. The van der Waals surface area contributed by atoms with E-state index in [2.05, 4.69) is 9.71 Å². The maximum Gasteiger partial charge on any atom is 0.240 e. The highest BCUT2D eigenvalue weighted by molar-refractivity contribution is 7.89.